The Morgan fingerprint density at radius 2 is 2.16 bits per heavy atom. The molecule has 0 aromatic heterocycles. The van der Waals surface area contributed by atoms with E-state index in [1.165, 1.54) is 0 Å². The van der Waals surface area contributed by atoms with Crippen molar-refractivity contribution in [3.8, 4) is 5.75 Å². The van der Waals surface area contributed by atoms with E-state index in [1.54, 1.807) is 7.11 Å². The van der Waals surface area contributed by atoms with Gasteiger partial charge in [-0.3, -0.25) is 4.90 Å². The summed E-state index contributed by atoms with van der Waals surface area (Å²) in [4.78, 5) is 2.39. The van der Waals surface area contributed by atoms with Crippen LogP contribution in [0.4, 0.5) is 0 Å². The zero-order valence-corrected chi connectivity index (χ0v) is 11.6. The smallest absolute Gasteiger partial charge is 0.126 e. The van der Waals surface area contributed by atoms with Gasteiger partial charge in [0.25, 0.3) is 0 Å². The van der Waals surface area contributed by atoms with Gasteiger partial charge in [0.15, 0.2) is 0 Å². The number of hydrogen-bond acceptors (Lipinski definition) is 3. The van der Waals surface area contributed by atoms with Crippen LogP contribution in [0.5, 0.6) is 5.75 Å². The molecule has 104 valence electrons. The van der Waals surface area contributed by atoms with Crippen LogP contribution in [0.2, 0.25) is 0 Å². The van der Waals surface area contributed by atoms with Gasteiger partial charge in [0.1, 0.15) is 5.75 Å². The minimum absolute atomic E-state index is 0.108. The summed E-state index contributed by atoms with van der Waals surface area (Å²) in [6.07, 6.45) is 7.09. The van der Waals surface area contributed by atoms with Gasteiger partial charge in [-0.15, -0.1) is 0 Å². The maximum atomic E-state index is 9.62. The highest BCUT2D eigenvalue weighted by molar-refractivity contribution is 5.57. The summed E-state index contributed by atoms with van der Waals surface area (Å²) in [5.74, 6) is 0.907. The van der Waals surface area contributed by atoms with Gasteiger partial charge in [-0.1, -0.05) is 30.4 Å². The van der Waals surface area contributed by atoms with Crippen molar-refractivity contribution in [1.29, 1.82) is 0 Å². The van der Waals surface area contributed by atoms with E-state index in [4.69, 9.17) is 4.74 Å². The number of aliphatic hydroxyl groups excluding tert-OH is 1. The van der Waals surface area contributed by atoms with Crippen LogP contribution in [0.15, 0.2) is 30.3 Å². The lowest BCUT2D eigenvalue weighted by Gasteiger charge is -2.17. The van der Waals surface area contributed by atoms with Crippen LogP contribution in [0, 0.1) is 0 Å². The molecular weight excluding hydrogens is 238 g/mol. The molecule has 1 aliphatic rings. The normalized spacial score (nSPS) is 21.5. The van der Waals surface area contributed by atoms with Crippen molar-refractivity contribution in [3.63, 3.8) is 0 Å². The highest BCUT2D eigenvalue weighted by Gasteiger charge is 2.13. The summed E-state index contributed by atoms with van der Waals surface area (Å²) in [6.45, 7) is 3.00. The van der Waals surface area contributed by atoms with Crippen LogP contribution in [-0.4, -0.2) is 42.9 Å². The van der Waals surface area contributed by atoms with E-state index in [9.17, 15) is 5.11 Å². The van der Waals surface area contributed by atoms with Gasteiger partial charge in [-0.2, -0.15) is 0 Å². The maximum absolute atomic E-state index is 9.62. The molecule has 1 saturated heterocycles. The Morgan fingerprint density at radius 1 is 1.32 bits per heavy atom. The van der Waals surface area contributed by atoms with Crippen molar-refractivity contribution in [2.75, 3.05) is 26.7 Å². The Morgan fingerprint density at radius 3 is 3.00 bits per heavy atom. The third-order valence-electron chi connectivity index (χ3n) is 3.59. The van der Waals surface area contributed by atoms with Crippen LogP contribution in [0.1, 0.15) is 24.8 Å². The molecule has 0 saturated carbocycles. The van der Waals surface area contributed by atoms with E-state index >= 15 is 0 Å². The summed E-state index contributed by atoms with van der Waals surface area (Å²) in [5.41, 5.74) is 1.11. The molecular formula is C16H23NO2. The van der Waals surface area contributed by atoms with Crippen molar-refractivity contribution < 1.29 is 9.84 Å². The molecule has 1 aromatic carbocycles. The highest BCUT2D eigenvalue weighted by atomic mass is 16.5. The molecule has 0 aliphatic carbocycles. The molecule has 0 radical (unpaired) electrons. The van der Waals surface area contributed by atoms with Crippen molar-refractivity contribution in [2.45, 2.75) is 25.4 Å². The Hall–Kier alpha value is -1.32. The molecule has 1 aliphatic heterocycles. The number of benzene rings is 1. The first-order valence-electron chi connectivity index (χ1n) is 6.99. The Kier molecular flexibility index (Phi) is 5.43. The number of likely N-dealkylation sites (tertiary alicyclic amines) is 1. The number of para-hydroxylation sites is 1. The summed E-state index contributed by atoms with van der Waals surface area (Å²) in [5, 5.41) is 9.62. The van der Waals surface area contributed by atoms with E-state index in [0.717, 1.165) is 50.2 Å². The second-order valence-corrected chi connectivity index (χ2v) is 5.03. The highest BCUT2D eigenvalue weighted by Crippen LogP contribution is 2.18. The van der Waals surface area contributed by atoms with Gasteiger partial charge < -0.3 is 9.84 Å². The zero-order chi connectivity index (χ0) is 13.5. The molecule has 0 bridgehead atoms. The van der Waals surface area contributed by atoms with Crippen molar-refractivity contribution in [3.05, 3.63) is 35.9 Å². The first kappa shape index (κ1) is 14.1. The summed E-state index contributed by atoms with van der Waals surface area (Å²) in [7, 11) is 1.70. The number of ether oxygens (including phenoxy) is 1. The van der Waals surface area contributed by atoms with Crippen LogP contribution in [-0.2, 0) is 0 Å². The van der Waals surface area contributed by atoms with E-state index in [-0.39, 0.29) is 6.10 Å². The number of rotatable bonds is 4. The second kappa shape index (κ2) is 7.31. The fourth-order valence-electron chi connectivity index (χ4n) is 2.45. The lowest BCUT2D eigenvalue weighted by molar-refractivity contribution is 0.156. The molecule has 1 fully saturated rings. The minimum Gasteiger partial charge on any atom is -0.496 e. The van der Waals surface area contributed by atoms with Gasteiger partial charge in [0, 0.05) is 18.7 Å². The van der Waals surface area contributed by atoms with Gasteiger partial charge in [-0.05, 0) is 31.9 Å². The first-order chi connectivity index (χ1) is 9.29. The first-order valence-corrected chi connectivity index (χ1v) is 6.99. The Bertz CT molecular complexity index is 417. The average Bonchev–Trinajstić information content (AvgIpc) is 2.64. The summed E-state index contributed by atoms with van der Waals surface area (Å²) < 4.78 is 5.32. The van der Waals surface area contributed by atoms with E-state index in [0.29, 0.717) is 0 Å². The predicted molar refractivity (Wildman–Crippen MR) is 78.3 cm³/mol. The molecule has 0 spiro atoms. The van der Waals surface area contributed by atoms with Gasteiger partial charge in [0.2, 0.25) is 0 Å². The molecule has 19 heavy (non-hydrogen) atoms. The Balaban J connectivity index is 1.88. The number of nitrogens with zero attached hydrogens (tertiary/aromatic N) is 1. The molecule has 3 nitrogen and oxygen atoms in total. The van der Waals surface area contributed by atoms with Crippen molar-refractivity contribution in [1.82, 2.24) is 4.90 Å². The molecule has 1 atom stereocenters. The fraction of sp³-hybridized carbons (Fsp3) is 0.500. The van der Waals surface area contributed by atoms with Crippen LogP contribution < -0.4 is 4.74 Å². The van der Waals surface area contributed by atoms with Crippen LogP contribution in [0.3, 0.4) is 0 Å². The van der Waals surface area contributed by atoms with Gasteiger partial charge >= 0.3 is 0 Å². The third-order valence-corrected chi connectivity index (χ3v) is 3.59. The van der Waals surface area contributed by atoms with Gasteiger partial charge in [-0.25, -0.2) is 0 Å². The van der Waals surface area contributed by atoms with E-state index in [1.807, 2.05) is 18.2 Å². The maximum Gasteiger partial charge on any atom is 0.126 e. The summed E-state index contributed by atoms with van der Waals surface area (Å²) in [6, 6.07) is 8.03. The lowest BCUT2D eigenvalue weighted by atomic mass is 10.2. The predicted octanol–water partition coefficient (Wildman–Crippen LogP) is 2.56. The largest absolute Gasteiger partial charge is 0.496 e. The van der Waals surface area contributed by atoms with E-state index < -0.39 is 0 Å². The molecule has 1 aromatic rings. The number of methoxy groups -OCH3 is 1. The third kappa shape index (κ3) is 4.37. The molecule has 2 rings (SSSR count). The molecule has 3 heteroatoms. The fourth-order valence-corrected chi connectivity index (χ4v) is 2.45. The molecule has 0 amide bonds. The van der Waals surface area contributed by atoms with Crippen molar-refractivity contribution in [2.24, 2.45) is 0 Å². The topological polar surface area (TPSA) is 32.7 Å². The van der Waals surface area contributed by atoms with E-state index in [2.05, 4.69) is 23.1 Å². The standard InChI is InChI=1S/C16H23NO2/c1-19-16-9-3-2-6-14(16)7-4-11-17-12-5-8-15(18)10-13-17/h2-4,6-7,9,15,18H,5,8,10-13H2,1H3/b7-4+/t15-/m0/s1. The zero-order valence-electron chi connectivity index (χ0n) is 11.6. The second-order valence-electron chi connectivity index (χ2n) is 5.03. The summed E-state index contributed by atoms with van der Waals surface area (Å²) >= 11 is 0. The molecule has 0 unspecified atom stereocenters. The van der Waals surface area contributed by atoms with Gasteiger partial charge in [0.05, 0.1) is 13.2 Å². The minimum atomic E-state index is -0.108. The number of hydrogen-bond donors (Lipinski definition) is 1. The van der Waals surface area contributed by atoms with Crippen molar-refractivity contribution >= 4 is 6.08 Å². The average molecular weight is 261 g/mol. The van der Waals surface area contributed by atoms with Crippen LogP contribution >= 0.6 is 0 Å². The van der Waals surface area contributed by atoms with Crippen LogP contribution in [0.25, 0.3) is 6.08 Å². The monoisotopic (exact) mass is 261 g/mol. The quantitative estimate of drug-likeness (QED) is 0.904. The molecule has 1 heterocycles. The molecule has 1 N–H and O–H groups in total. The number of aliphatic hydroxyl groups is 1. The lowest BCUT2D eigenvalue weighted by Crippen LogP contribution is -2.25. The Labute approximate surface area is 115 Å². The SMILES string of the molecule is COc1ccccc1/C=C/CN1CCC[C@H](O)CC1.